The molecular formula is C13H10Cl2N2OS. The van der Waals surface area contributed by atoms with Crippen LogP contribution in [-0.4, -0.2) is 15.2 Å². The van der Waals surface area contributed by atoms with E-state index in [4.69, 9.17) is 23.2 Å². The van der Waals surface area contributed by atoms with Gasteiger partial charge < -0.3 is 5.32 Å². The van der Waals surface area contributed by atoms with E-state index in [9.17, 15) is 4.79 Å². The number of halogens is 2. The lowest BCUT2D eigenvalue weighted by atomic mass is 9.95. The minimum absolute atomic E-state index is 0.210. The normalized spacial score (nSPS) is 23.9. The number of anilines is 1. The minimum Gasteiger partial charge on any atom is -0.301 e. The summed E-state index contributed by atoms with van der Waals surface area (Å²) in [5.41, 5.74) is -0.0580. The van der Waals surface area contributed by atoms with Gasteiger partial charge in [-0.05, 0) is 5.56 Å². The molecular weight excluding hydrogens is 303 g/mol. The zero-order valence-corrected chi connectivity index (χ0v) is 12.1. The van der Waals surface area contributed by atoms with E-state index in [-0.39, 0.29) is 5.91 Å². The Hall–Kier alpha value is -1.10. The first-order valence-electron chi connectivity index (χ1n) is 5.70. The molecule has 0 unspecified atom stereocenters. The second kappa shape index (κ2) is 4.47. The predicted molar refractivity (Wildman–Crippen MR) is 77.9 cm³/mol. The molecule has 19 heavy (non-hydrogen) atoms. The summed E-state index contributed by atoms with van der Waals surface area (Å²) in [6.07, 6.45) is 2.04. The molecule has 98 valence electrons. The molecule has 1 heterocycles. The molecule has 0 bridgehead atoms. The first kappa shape index (κ1) is 12.9. The Kier molecular flexibility index (Phi) is 3.04. The molecule has 6 heteroatoms. The molecule has 0 aliphatic heterocycles. The van der Waals surface area contributed by atoms with Crippen LogP contribution in [0, 0.1) is 0 Å². The second-order valence-corrected chi connectivity index (χ2v) is 6.82. The third-order valence-corrected chi connectivity index (χ3v) is 4.89. The van der Waals surface area contributed by atoms with E-state index in [1.165, 1.54) is 11.3 Å². The molecule has 1 fully saturated rings. The van der Waals surface area contributed by atoms with Gasteiger partial charge in [0.05, 0.1) is 0 Å². The fourth-order valence-electron chi connectivity index (χ4n) is 2.19. The molecule has 3 rings (SSSR count). The van der Waals surface area contributed by atoms with E-state index in [1.807, 2.05) is 30.3 Å². The number of benzene rings is 1. The molecule has 0 radical (unpaired) electrons. The number of amides is 1. The van der Waals surface area contributed by atoms with Crippen molar-refractivity contribution in [2.24, 2.45) is 0 Å². The third kappa shape index (κ3) is 2.04. The first-order chi connectivity index (χ1) is 9.06. The van der Waals surface area contributed by atoms with Crippen LogP contribution in [0.15, 0.2) is 41.9 Å². The zero-order chi connectivity index (χ0) is 13.5. The van der Waals surface area contributed by atoms with Crippen LogP contribution in [0.3, 0.4) is 0 Å². The quantitative estimate of drug-likeness (QED) is 0.880. The number of alkyl halides is 2. The summed E-state index contributed by atoms with van der Waals surface area (Å²) in [5, 5.41) is 5.13. The lowest BCUT2D eigenvalue weighted by Gasteiger charge is -2.17. The standard InChI is InChI=1S/C13H10Cl2N2OS/c14-13(15)8-12(13,9-4-2-1-3-5-9)10(18)17-11-16-6-7-19-11/h1-7H,8H2,(H,16,17,18)/t12-/m1/s1. The number of hydrogen-bond donors (Lipinski definition) is 1. The Morgan fingerprint density at radius 1 is 1.32 bits per heavy atom. The molecule has 1 aromatic heterocycles. The Morgan fingerprint density at radius 2 is 2.00 bits per heavy atom. The lowest BCUT2D eigenvalue weighted by molar-refractivity contribution is -0.118. The van der Waals surface area contributed by atoms with Gasteiger partial charge in [0.1, 0.15) is 9.75 Å². The van der Waals surface area contributed by atoms with Crippen molar-refractivity contribution in [3.8, 4) is 0 Å². The second-order valence-electron chi connectivity index (χ2n) is 4.44. The van der Waals surface area contributed by atoms with Crippen LogP contribution >= 0.6 is 34.5 Å². The zero-order valence-electron chi connectivity index (χ0n) is 9.77. The summed E-state index contributed by atoms with van der Waals surface area (Å²) in [4.78, 5) is 16.5. The fourth-order valence-corrected chi connectivity index (χ4v) is 3.51. The summed E-state index contributed by atoms with van der Waals surface area (Å²) < 4.78 is -1.06. The van der Waals surface area contributed by atoms with Gasteiger partial charge in [-0.2, -0.15) is 0 Å². The lowest BCUT2D eigenvalue weighted by Crippen LogP contribution is -2.32. The van der Waals surface area contributed by atoms with Gasteiger partial charge in [0.2, 0.25) is 5.91 Å². The average Bonchev–Trinajstić information content (AvgIpc) is 2.76. The number of hydrogen-bond acceptors (Lipinski definition) is 3. The van der Waals surface area contributed by atoms with Crippen molar-refractivity contribution in [2.45, 2.75) is 16.2 Å². The van der Waals surface area contributed by atoms with Crippen LogP contribution in [-0.2, 0) is 10.2 Å². The van der Waals surface area contributed by atoms with E-state index < -0.39 is 9.75 Å². The summed E-state index contributed by atoms with van der Waals surface area (Å²) >= 11 is 13.8. The van der Waals surface area contributed by atoms with Crippen molar-refractivity contribution in [3.05, 3.63) is 47.5 Å². The van der Waals surface area contributed by atoms with Gasteiger partial charge in [0, 0.05) is 18.0 Å². The third-order valence-electron chi connectivity index (χ3n) is 3.29. The van der Waals surface area contributed by atoms with Crippen LogP contribution in [0.1, 0.15) is 12.0 Å². The maximum atomic E-state index is 12.5. The highest BCUT2D eigenvalue weighted by Gasteiger charge is 2.72. The van der Waals surface area contributed by atoms with Crippen LogP contribution < -0.4 is 5.32 Å². The van der Waals surface area contributed by atoms with Crippen molar-refractivity contribution in [3.63, 3.8) is 0 Å². The SMILES string of the molecule is O=C(Nc1nccs1)[C@]1(c2ccccc2)CC1(Cl)Cl. The largest absolute Gasteiger partial charge is 0.301 e. The fraction of sp³-hybridized carbons (Fsp3) is 0.231. The predicted octanol–water partition coefficient (Wildman–Crippen LogP) is 3.60. The Balaban J connectivity index is 1.93. The van der Waals surface area contributed by atoms with E-state index in [1.54, 1.807) is 11.6 Å². The number of nitrogens with zero attached hydrogens (tertiary/aromatic N) is 1. The minimum atomic E-state index is -1.06. The van der Waals surface area contributed by atoms with Gasteiger partial charge in [-0.15, -0.1) is 34.5 Å². The van der Waals surface area contributed by atoms with Gasteiger partial charge >= 0.3 is 0 Å². The molecule has 1 N–H and O–H groups in total. The van der Waals surface area contributed by atoms with Crippen molar-refractivity contribution in [2.75, 3.05) is 5.32 Å². The first-order valence-corrected chi connectivity index (χ1v) is 7.34. The van der Waals surface area contributed by atoms with E-state index in [0.29, 0.717) is 11.6 Å². The number of carbonyl (C=O) groups excluding carboxylic acids is 1. The highest BCUT2D eigenvalue weighted by atomic mass is 35.5. The molecule has 3 nitrogen and oxygen atoms in total. The van der Waals surface area contributed by atoms with Crippen LogP contribution in [0.25, 0.3) is 0 Å². The Bertz CT molecular complexity index is 600. The topological polar surface area (TPSA) is 42.0 Å². The molecule has 1 saturated carbocycles. The maximum absolute atomic E-state index is 12.5. The smallest absolute Gasteiger partial charge is 0.239 e. The van der Waals surface area contributed by atoms with E-state index >= 15 is 0 Å². The highest BCUT2D eigenvalue weighted by molar-refractivity contribution is 7.13. The summed E-state index contributed by atoms with van der Waals surface area (Å²) in [6.45, 7) is 0. The van der Waals surface area contributed by atoms with Crippen LogP contribution in [0.5, 0.6) is 0 Å². The molecule has 0 spiro atoms. The average molecular weight is 313 g/mol. The van der Waals surface area contributed by atoms with Gasteiger partial charge in [0.25, 0.3) is 0 Å². The number of carbonyl (C=O) groups is 1. The highest BCUT2D eigenvalue weighted by Crippen LogP contribution is 2.65. The van der Waals surface area contributed by atoms with Crippen LogP contribution in [0.2, 0.25) is 0 Å². The van der Waals surface area contributed by atoms with E-state index in [0.717, 1.165) is 5.56 Å². The number of thiazole rings is 1. The summed E-state index contributed by atoms with van der Waals surface area (Å²) in [7, 11) is 0. The molecule has 1 aliphatic carbocycles. The number of aromatic nitrogens is 1. The molecule has 2 aromatic rings. The monoisotopic (exact) mass is 312 g/mol. The molecule has 1 aromatic carbocycles. The van der Waals surface area contributed by atoms with Gasteiger partial charge in [-0.25, -0.2) is 4.98 Å². The van der Waals surface area contributed by atoms with Crippen LogP contribution in [0.4, 0.5) is 5.13 Å². The Morgan fingerprint density at radius 3 is 2.53 bits per heavy atom. The molecule has 1 atom stereocenters. The van der Waals surface area contributed by atoms with Crippen molar-refractivity contribution in [1.29, 1.82) is 0 Å². The van der Waals surface area contributed by atoms with Gasteiger partial charge in [-0.1, -0.05) is 30.3 Å². The van der Waals surface area contributed by atoms with Crippen molar-refractivity contribution >= 4 is 45.6 Å². The van der Waals surface area contributed by atoms with Crippen molar-refractivity contribution in [1.82, 2.24) is 4.98 Å². The molecule has 0 saturated heterocycles. The molecule has 1 aliphatic rings. The number of rotatable bonds is 3. The maximum Gasteiger partial charge on any atom is 0.239 e. The van der Waals surface area contributed by atoms with Gasteiger partial charge in [-0.3, -0.25) is 4.79 Å². The van der Waals surface area contributed by atoms with Gasteiger partial charge in [0.15, 0.2) is 5.13 Å². The number of nitrogens with one attached hydrogen (secondary N) is 1. The summed E-state index contributed by atoms with van der Waals surface area (Å²) in [6, 6.07) is 9.37. The molecule has 1 amide bonds. The summed E-state index contributed by atoms with van der Waals surface area (Å²) in [5.74, 6) is -0.210. The van der Waals surface area contributed by atoms with E-state index in [2.05, 4.69) is 10.3 Å². The van der Waals surface area contributed by atoms with Crippen molar-refractivity contribution < 1.29 is 4.79 Å². The Labute approximate surface area is 124 Å².